The topological polar surface area (TPSA) is 63.6 Å². The SMILES string of the molecule is CCOc1ccc(N2C(=O)c3cc4sccc4n3C[C@]2(C)C(=O)N[C@@H]2CCCC[C@H]2C)cc1. The second-order valence-corrected chi connectivity index (χ2v) is 10.4. The summed E-state index contributed by atoms with van der Waals surface area (Å²) in [5.41, 5.74) is 1.29. The van der Waals surface area contributed by atoms with Crippen molar-refractivity contribution in [2.45, 2.75) is 64.6 Å². The van der Waals surface area contributed by atoms with E-state index in [0.717, 1.165) is 35.2 Å². The standard InChI is InChI=1S/C26H31N3O3S/c1-4-32-19-11-9-18(10-12-19)29-24(30)22-15-23-21(13-14-33-23)28(22)16-26(29,3)25(31)27-20-8-6-5-7-17(20)2/h9-15,17,20H,4-8,16H2,1-3H3,(H,27,31)/t17-,20-,26-/m1/s1. The lowest BCUT2D eigenvalue weighted by Crippen LogP contribution is -2.65. The number of nitrogens with one attached hydrogen (secondary N) is 1. The van der Waals surface area contributed by atoms with E-state index >= 15 is 0 Å². The third kappa shape index (κ3) is 3.72. The van der Waals surface area contributed by atoms with Gasteiger partial charge in [-0.15, -0.1) is 11.3 Å². The Kier molecular flexibility index (Phi) is 5.69. The molecule has 33 heavy (non-hydrogen) atoms. The molecule has 0 bridgehead atoms. The number of benzene rings is 1. The first-order chi connectivity index (χ1) is 15.9. The number of carbonyl (C=O) groups excluding carboxylic acids is 2. The third-order valence-corrected chi connectivity index (χ3v) is 8.08. The van der Waals surface area contributed by atoms with Crippen LogP contribution in [0, 0.1) is 5.92 Å². The van der Waals surface area contributed by atoms with E-state index in [1.165, 1.54) is 6.42 Å². The minimum atomic E-state index is -1.05. The van der Waals surface area contributed by atoms with Crippen LogP contribution in [0.2, 0.25) is 0 Å². The maximum absolute atomic E-state index is 13.9. The van der Waals surface area contributed by atoms with Crippen LogP contribution in [0.5, 0.6) is 5.75 Å². The number of anilines is 1. The molecule has 174 valence electrons. The Hall–Kier alpha value is -2.80. The van der Waals surface area contributed by atoms with Crippen LogP contribution in [-0.2, 0) is 11.3 Å². The Morgan fingerprint density at radius 1 is 1.21 bits per heavy atom. The molecule has 0 saturated heterocycles. The molecule has 1 aliphatic heterocycles. The van der Waals surface area contributed by atoms with E-state index in [9.17, 15) is 9.59 Å². The summed E-state index contributed by atoms with van der Waals surface area (Å²) in [4.78, 5) is 29.5. The van der Waals surface area contributed by atoms with Gasteiger partial charge in [0.05, 0.1) is 23.4 Å². The van der Waals surface area contributed by atoms with Crippen molar-refractivity contribution in [1.29, 1.82) is 0 Å². The fourth-order valence-corrected chi connectivity index (χ4v) is 6.15. The zero-order valence-corrected chi connectivity index (χ0v) is 20.3. The first-order valence-corrected chi connectivity index (χ1v) is 12.8. The van der Waals surface area contributed by atoms with Crippen LogP contribution in [0.1, 0.15) is 56.9 Å². The van der Waals surface area contributed by atoms with Gasteiger partial charge in [-0.1, -0.05) is 19.8 Å². The van der Waals surface area contributed by atoms with Crippen LogP contribution < -0.4 is 15.0 Å². The molecule has 3 atom stereocenters. The van der Waals surface area contributed by atoms with Gasteiger partial charge in [-0.2, -0.15) is 0 Å². The van der Waals surface area contributed by atoms with Crippen LogP contribution in [0.15, 0.2) is 41.8 Å². The summed E-state index contributed by atoms with van der Waals surface area (Å²) in [7, 11) is 0. The lowest BCUT2D eigenvalue weighted by Gasteiger charge is -2.45. The highest BCUT2D eigenvalue weighted by molar-refractivity contribution is 7.17. The van der Waals surface area contributed by atoms with Crippen molar-refractivity contribution >= 4 is 39.1 Å². The zero-order valence-electron chi connectivity index (χ0n) is 19.5. The van der Waals surface area contributed by atoms with Crippen LogP contribution >= 0.6 is 11.3 Å². The molecule has 3 heterocycles. The quantitative estimate of drug-likeness (QED) is 0.562. The molecular formula is C26H31N3O3S. The normalized spacial score (nSPS) is 25.2. The first-order valence-electron chi connectivity index (χ1n) is 11.9. The average Bonchev–Trinajstić information content (AvgIpc) is 3.39. The number of rotatable bonds is 5. The largest absolute Gasteiger partial charge is 0.494 e. The summed E-state index contributed by atoms with van der Waals surface area (Å²) < 4.78 is 8.67. The molecule has 2 aliphatic rings. The van der Waals surface area contributed by atoms with E-state index in [0.29, 0.717) is 30.5 Å². The molecule has 5 rings (SSSR count). The molecule has 2 amide bonds. The van der Waals surface area contributed by atoms with Crippen LogP contribution in [0.3, 0.4) is 0 Å². The predicted octanol–water partition coefficient (Wildman–Crippen LogP) is 5.22. The number of carbonyl (C=O) groups is 2. The molecule has 1 aliphatic carbocycles. The first kappa shape index (κ1) is 22.0. The van der Waals surface area contributed by atoms with E-state index in [-0.39, 0.29) is 17.9 Å². The zero-order chi connectivity index (χ0) is 23.2. The second kappa shape index (κ2) is 8.52. The van der Waals surface area contributed by atoms with Crippen molar-refractivity contribution in [3.05, 3.63) is 47.5 Å². The number of amides is 2. The molecule has 0 radical (unpaired) electrons. The van der Waals surface area contributed by atoms with Gasteiger partial charge in [0.2, 0.25) is 5.91 Å². The fraction of sp³-hybridized carbons (Fsp3) is 0.462. The summed E-state index contributed by atoms with van der Waals surface area (Å²) in [6.45, 7) is 7.03. The fourth-order valence-electron chi connectivity index (χ4n) is 5.33. The van der Waals surface area contributed by atoms with Gasteiger partial charge in [-0.3, -0.25) is 14.5 Å². The number of nitrogens with zero attached hydrogens (tertiary/aromatic N) is 2. The van der Waals surface area contributed by atoms with Crippen molar-refractivity contribution < 1.29 is 14.3 Å². The highest BCUT2D eigenvalue weighted by Crippen LogP contribution is 2.38. The molecule has 0 spiro atoms. The van der Waals surface area contributed by atoms with Crippen LogP contribution in [0.25, 0.3) is 10.2 Å². The average molecular weight is 466 g/mol. The van der Waals surface area contributed by atoms with Gasteiger partial charge in [0.25, 0.3) is 5.91 Å². The number of hydrogen-bond donors (Lipinski definition) is 1. The molecular weight excluding hydrogens is 434 g/mol. The minimum Gasteiger partial charge on any atom is -0.494 e. The van der Waals surface area contributed by atoms with Gasteiger partial charge < -0.3 is 14.6 Å². The van der Waals surface area contributed by atoms with Crippen molar-refractivity contribution in [2.24, 2.45) is 5.92 Å². The van der Waals surface area contributed by atoms with E-state index in [2.05, 4.69) is 12.2 Å². The molecule has 2 aromatic heterocycles. The number of ether oxygens (including phenoxy) is 1. The van der Waals surface area contributed by atoms with E-state index in [1.54, 1.807) is 16.2 Å². The molecule has 3 aromatic rings. The van der Waals surface area contributed by atoms with Crippen molar-refractivity contribution in [3.63, 3.8) is 0 Å². The highest BCUT2D eigenvalue weighted by atomic mass is 32.1. The number of aromatic nitrogens is 1. The van der Waals surface area contributed by atoms with E-state index in [1.807, 2.05) is 60.2 Å². The molecule has 1 fully saturated rings. The smallest absolute Gasteiger partial charge is 0.275 e. The Labute approximate surface area is 198 Å². The predicted molar refractivity (Wildman–Crippen MR) is 132 cm³/mol. The van der Waals surface area contributed by atoms with Crippen molar-refractivity contribution in [3.8, 4) is 5.75 Å². The Bertz CT molecular complexity index is 1180. The third-order valence-electron chi connectivity index (χ3n) is 7.23. The Morgan fingerprint density at radius 2 is 1.97 bits per heavy atom. The summed E-state index contributed by atoms with van der Waals surface area (Å²) in [6, 6.07) is 11.6. The van der Waals surface area contributed by atoms with Gasteiger partial charge in [-0.05, 0) is 74.4 Å². The number of thiophene rings is 1. The summed E-state index contributed by atoms with van der Waals surface area (Å²) in [6.07, 6.45) is 4.46. The molecule has 6 nitrogen and oxygen atoms in total. The van der Waals surface area contributed by atoms with Gasteiger partial charge in [0.1, 0.15) is 17.0 Å². The second-order valence-electron chi connectivity index (χ2n) is 9.47. The lowest BCUT2D eigenvalue weighted by molar-refractivity contribution is -0.127. The van der Waals surface area contributed by atoms with Crippen LogP contribution in [-0.4, -0.2) is 34.6 Å². The molecule has 7 heteroatoms. The van der Waals surface area contributed by atoms with Gasteiger partial charge in [-0.25, -0.2) is 0 Å². The van der Waals surface area contributed by atoms with Crippen molar-refractivity contribution in [1.82, 2.24) is 9.88 Å². The summed E-state index contributed by atoms with van der Waals surface area (Å²) >= 11 is 1.62. The van der Waals surface area contributed by atoms with Gasteiger partial charge in [0, 0.05) is 11.7 Å². The highest BCUT2D eigenvalue weighted by Gasteiger charge is 2.49. The van der Waals surface area contributed by atoms with Crippen molar-refractivity contribution in [2.75, 3.05) is 11.5 Å². The Balaban J connectivity index is 1.56. The molecule has 1 N–H and O–H groups in total. The summed E-state index contributed by atoms with van der Waals surface area (Å²) in [5, 5.41) is 5.36. The lowest BCUT2D eigenvalue weighted by atomic mass is 9.85. The monoisotopic (exact) mass is 465 g/mol. The minimum absolute atomic E-state index is 0.0915. The maximum Gasteiger partial charge on any atom is 0.275 e. The Morgan fingerprint density at radius 3 is 2.70 bits per heavy atom. The number of hydrogen-bond acceptors (Lipinski definition) is 4. The van der Waals surface area contributed by atoms with E-state index in [4.69, 9.17) is 4.74 Å². The summed E-state index contributed by atoms with van der Waals surface area (Å²) in [5.74, 6) is 0.946. The molecule has 1 saturated carbocycles. The van der Waals surface area contributed by atoms with E-state index < -0.39 is 5.54 Å². The molecule has 1 aromatic carbocycles. The molecule has 0 unspecified atom stereocenters. The maximum atomic E-state index is 13.9. The number of fused-ring (bicyclic) bond motifs is 3. The van der Waals surface area contributed by atoms with Crippen LogP contribution in [0.4, 0.5) is 5.69 Å². The van der Waals surface area contributed by atoms with Gasteiger partial charge >= 0.3 is 0 Å². The van der Waals surface area contributed by atoms with Gasteiger partial charge in [0.15, 0.2) is 0 Å².